The van der Waals surface area contributed by atoms with E-state index < -0.39 is 5.60 Å². The van der Waals surface area contributed by atoms with Crippen molar-refractivity contribution in [2.24, 2.45) is 0 Å². The lowest BCUT2D eigenvalue weighted by Crippen LogP contribution is -2.40. The first kappa shape index (κ1) is 14.7. The molecule has 0 bridgehead atoms. The van der Waals surface area contributed by atoms with Crippen molar-refractivity contribution in [3.8, 4) is 6.07 Å². The summed E-state index contributed by atoms with van der Waals surface area (Å²) in [5.74, 6) is 0. The lowest BCUT2D eigenvalue weighted by molar-refractivity contribution is 0.0299. The first-order valence-corrected chi connectivity index (χ1v) is 6.53. The molecule has 3 nitrogen and oxygen atoms in total. The summed E-state index contributed by atoms with van der Waals surface area (Å²) in [6, 6.07) is 12.1. The molecule has 0 aliphatic carbocycles. The van der Waals surface area contributed by atoms with Gasteiger partial charge in [0.25, 0.3) is 0 Å². The van der Waals surface area contributed by atoms with Crippen LogP contribution in [-0.2, 0) is 0 Å². The summed E-state index contributed by atoms with van der Waals surface area (Å²) < 4.78 is 0. The van der Waals surface area contributed by atoms with E-state index in [4.69, 9.17) is 5.26 Å². The molecule has 0 heterocycles. The van der Waals surface area contributed by atoms with Gasteiger partial charge in [-0.3, -0.25) is 0 Å². The van der Waals surface area contributed by atoms with E-state index >= 15 is 0 Å². The van der Waals surface area contributed by atoms with E-state index in [-0.39, 0.29) is 6.04 Å². The van der Waals surface area contributed by atoms with E-state index in [0.29, 0.717) is 25.8 Å². The van der Waals surface area contributed by atoms with Gasteiger partial charge in [0.05, 0.1) is 18.1 Å². The van der Waals surface area contributed by atoms with Gasteiger partial charge in [0.2, 0.25) is 0 Å². The van der Waals surface area contributed by atoms with E-state index in [0.717, 1.165) is 5.56 Å². The zero-order valence-electron chi connectivity index (χ0n) is 11.2. The molecule has 98 valence electrons. The van der Waals surface area contributed by atoms with Crippen molar-refractivity contribution in [3.63, 3.8) is 0 Å². The minimum atomic E-state index is -0.678. The monoisotopic (exact) mass is 246 g/mol. The lowest BCUT2D eigenvalue weighted by atomic mass is 9.96. The maximum absolute atomic E-state index is 10.2. The Morgan fingerprint density at radius 2 is 1.89 bits per heavy atom. The van der Waals surface area contributed by atoms with Crippen molar-refractivity contribution < 1.29 is 5.11 Å². The van der Waals surface area contributed by atoms with Crippen LogP contribution in [0.4, 0.5) is 0 Å². The quantitative estimate of drug-likeness (QED) is 0.777. The second kappa shape index (κ2) is 7.15. The molecule has 1 atom stereocenters. The molecule has 2 N–H and O–H groups in total. The van der Waals surface area contributed by atoms with Crippen molar-refractivity contribution in [1.82, 2.24) is 5.32 Å². The highest BCUT2D eigenvalue weighted by Gasteiger charge is 2.23. The molecule has 18 heavy (non-hydrogen) atoms. The molecule has 0 aliphatic rings. The molecule has 0 fully saturated rings. The van der Waals surface area contributed by atoms with Gasteiger partial charge >= 0.3 is 0 Å². The third kappa shape index (κ3) is 4.14. The van der Waals surface area contributed by atoms with Gasteiger partial charge in [-0.2, -0.15) is 5.26 Å². The maximum atomic E-state index is 10.2. The Balaban J connectivity index is 2.68. The molecule has 0 saturated heterocycles. The predicted molar refractivity (Wildman–Crippen MR) is 72.9 cm³/mol. The largest absolute Gasteiger partial charge is 0.389 e. The zero-order valence-corrected chi connectivity index (χ0v) is 11.2. The van der Waals surface area contributed by atoms with Gasteiger partial charge < -0.3 is 10.4 Å². The summed E-state index contributed by atoms with van der Waals surface area (Å²) >= 11 is 0. The Morgan fingerprint density at radius 3 is 2.39 bits per heavy atom. The van der Waals surface area contributed by atoms with Crippen molar-refractivity contribution in [2.75, 3.05) is 6.54 Å². The second-order valence-corrected chi connectivity index (χ2v) is 4.64. The normalized spacial score (nSPS) is 13.0. The molecule has 0 saturated carbocycles. The van der Waals surface area contributed by atoms with E-state index in [9.17, 15) is 5.11 Å². The first-order chi connectivity index (χ1) is 8.65. The number of rotatable bonds is 7. The fourth-order valence-corrected chi connectivity index (χ4v) is 1.90. The van der Waals surface area contributed by atoms with Crippen LogP contribution in [0.5, 0.6) is 0 Å². The van der Waals surface area contributed by atoms with Crippen LogP contribution < -0.4 is 5.32 Å². The Morgan fingerprint density at radius 1 is 1.28 bits per heavy atom. The average molecular weight is 246 g/mol. The highest BCUT2D eigenvalue weighted by molar-refractivity contribution is 5.20. The molecular formula is C15H22N2O. The molecule has 3 heteroatoms. The topological polar surface area (TPSA) is 56.0 Å². The van der Waals surface area contributed by atoms with Gasteiger partial charge in [-0.15, -0.1) is 0 Å². The van der Waals surface area contributed by atoms with Gasteiger partial charge in [-0.25, -0.2) is 0 Å². The third-order valence-electron chi connectivity index (χ3n) is 3.49. The number of nitriles is 1. The van der Waals surface area contributed by atoms with Gasteiger partial charge in [-0.1, -0.05) is 44.2 Å². The Labute approximate surface area is 109 Å². The predicted octanol–water partition coefficient (Wildman–Crippen LogP) is 2.78. The summed E-state index contributed by atoms with van der Waals surface area (Å²) in [5.41, 5.74) is 0.413. The maximum Gasteiger partial charge on any atom is 0.0766 e. The van der Waals surface area contributed by atoms with E-state index in [1.807, 2.05) is 44.2 Å². The number of hydrogen-bond donors (Lipinski definition) is 2. The smallest absolute Gasteiger partial charge is 0.0766 e. The van der Waals surface area contributed by atoms with Crippen LogP contribution in [0.25, 0.3) is 0 Å². The average Bonchev–Trinajstić information content (AvgIpc) is 2.44. The van der Waals surface area contributed by atoms with Gasteiger partial charge in [0, 0.05) is 12.6 Å². The van der Waals surface area contributed by atoms with Gasteiger partial charge in [0.1, 0.15) is 0 Å². The number of hydrogen-bond acceptors (Lipinski definition) is 3. The summed E-state index contributed by atoms with van der Waals surface area (Å²) in [6.45, 7) is 4.47. The molecule has 0 amide bonds. The van der Waals surface area contributed by atoms with Crippen LogP contribution >= 0.6 is 0 Å². The number of benzene rings is 1. The first-order valence-electron chi connectivity index (χ1n) is 6.53. The molecule has 1 unspecified atom stereocenters. The number of nitrogens with zero attached hydrogens (tertiary/aromatic N) is 1. The third-order valence-corrected chi connectivity index (χ3v) is 3.49. The minimum absolute atomic E-state index is 0.0131. The summed E-state index contributed by atoms with van der Waals surface area (Å²) in [6.07, 6.45) is 1.84. The van der Waals surface area contributed by atoms with Gasteiger partial charge in [0.15, 0.2) is 0 Å². The Bertz CT molecular complexity index is 379. The van der Waals surface area contributed by atoms with Crippen molar-refractivity contribution in [2.45, 2.75) is 44.8 Å². The Hall–Kier alpha value is -1.37. The van der Waals surface area contributed by atoms with Crippen LogP contribution in [0.3, 0.4) is 0 Å². The van der Waals surface area contributed by atoms with Crippen molar-refractivity contribution in [1.29, 1.82) is 5.26 Å². The SMILES string of the molecule is CCC(O)(CC)CNC(CC#N)c1ccccc1. The van der Waals surface area contributed by atoms with Gasteiger partial charge in [-0.05, 0) is 18.4 Å². The molecule has 1 aromatic carbocycles. The highest BCUT2D eigenvalue weighted by atomic mass is 16.3. The number of nitrogens with one attached hydrogen (secondary N) is 1. The van der Waals surface area contributed by atoms with Crippen LogP contribution in [0.1, 0.15) is 44.7 Å². The molecule has 1 rings (SSSR count). The van der Waals surface area contributed by atoms with Crippen LogP contribution in [0.15, 0.2) is 30.3 Å². The lowest BCUT2D eigenvalue weighted by Gasteiger charge is -2.28. The van der Waals surface area contributed by atoms with E-state index in [1.165, 1.54) is 0 Å². The molecule has 0 aromatic heterocycles. The molecule has 0 spiro atoms. The Kier molecular flexibility index (Phi) is 5.84. The molecular weight excluding hydrogens is 224 g/mol. The fraction of sp³-hybridized carbons (Fsp3) is 0.533. The zero-order chi connectivity index (χ0) is 13.4. The van der Waals surface area contributed by atoms with Crippen molar-refractivity contribution in [3.05, 3.63) is 35.9 Å². The fourth-order valence-electron chi connectivity index (χ4n) is 1.90. The summed E-state index contributed by atoms with van der Waals surface area (Å²) in [5, 5.41) is 22.4. The van der Waals surface area contributed by atoms with E-state index in [1.54, 1.807) is 0 Å². The van der Waals surface area contributed by atoms with Crippen LogP contribution in [0, 0.1) is 11.3 Å². The highest BCUT2D eigenvalue weighted by Crippen LogP contribution is 2.19. The summed E-state index contributed by atoms with van der Waals surface area (Å²) in [4.78, 5) is 0. The van der Waals surface area contributed by atoms with Crippen LogP contribution in [0.2, 0.25) is 0 Å². The summed E-state index contributed by atoms with van der Waals surface area (Å²) in [7, 11) is 0. The number of aliphatic hydroxyl groups is 1. The van der Waals surface area contributed by atoms with Crippen molar-refractivity contribution >= 4 is 0 Å². The van der Waals surface area contributed by atoms with E-state index in [2.05, 4.69) is 11.4 Å². The molecule has 1 aromatic rings. The minimum Gasteiger partial charge on any atom is -0.389 e. The standard InChI is InChI=1S/C15H22N2O/c1-3-15(18,4-2)12-17-14(10-11-16)13-8-6-5-7-9-13/h5-9,14,17-18H,3-4,10,12H2,1-2H3. The van der Waals surface area contributed by atoms with Crippen LogP contribution in [-0.4, -0.2) is 17.3 Å². The molecule has 0 aliphatic heterocycles. The molecule has 0 radical (unpaired) electrons. The second-order valence-electron chi connectivity index (χ2n) is 4.64.